The predicted molar refractivity (Wildman–Crippen MR) is 115 cm³/mol. The maximum absolute atomic E-state index is 12.6. The van der Waals surface area contributed by atoms with Crippen molar-refractivity contribution in [2.45, 2.75) is 19.5 Å². The normalized spacial score (nSPS) is 15.5. The lowest BCUT2D eigenvalue weighted by molar-refractivity contribution is -0.120. The first-order valence-electron chi connectivity index (χ1n) is 9.32. The second-order valence-electron chi connectivity index (χ2n) is 6.94. The summed E-state index contributed by atoms with van der Waals surface area (Å²) < 4.78 is 5.38. The summed E-state index contributed by atoms with van der Waals surface area (Å²) in [7, 11) is 1.89. The maximum atomic E-state index is 12.6. The molecule has 1 amide bonds. The van der Waals surface area contributed by atoms with Crippen molar-refractivity contribution < 1.29 is 9.53 Å². The molecular weight excluding hydrogens is 397 g/mol. The molecule has 0 saturated carbocycles. The molecule has 0 aromatic heterocycles. The minimum Gasteiger partial charge on any atom is -0.378 e. The number of hydrogen-bond donors (Lipinski definition) is 1. The number of morpholine rings is 1. The Kier molecular flexibility index (Phi) is 7.18. The average molecular weight is 422 g/mol. The van der Waals surface area contributed by atoms with Crippen LogP contribution in [0.5, 0.6) is 0 Å². The highest BCUT2D eigenvalue weighted by atomic mass is 35.5. The van der Waals surface area contributed by atoms with E-state index in [2.05, 4.69) is 10.2 Å². The topological polar surface area (TPSA) is 44.8 Å². The quantitative estimate of drug-likeness (QED) is 0.755. The summed E-state index contributed by atoms with van der Waals surface area (Å²) in [6, 6.07) is 13.1. The van der Waals surface area contributed by atoms with Crippen LogP contribution < -0.4 is 10.2 Å². The number of amides is 1. The zero-order chi connectivity index (χ0) is 20.1. The standard InChI is InChI=1S/C21H25Cl2N3O2/c1-15(25(2)14-16-4-3-5-19(22)20(16)23)21(27)24-17-6-8-18(9-7-17)26-10-12-28-13-11-26/h3-9,15H,10-14H2,1-2H3,(H,24,27)/t15-/m0/s1. The summed E-state index contributed by atoms with van der Waals surface area (Å²) >= 11 is 12.3. The van der Waals surface area contributed by atoms with Gasteiger partial charge in [0, 0.05) is 31.0 Å². The van der Waals surface area contributed by atoms with Crippen LogP contribution >= 0.6 is 23.2 Å². The van der Waals surface area contributed by atoms with Crippen LogP contribution in [0, 0.1) is 0 Å². The summed E-state index contributed by atoms with van der Waals surface area (Å²) in [5.74, 6) is -0.0697. The smallest absolute Gasteiger partial charge is 0.241 e. The van der Waals surface area contributed by atoms with Gasteiger partial charge in [-0.25, -0.2) is 0 Å². The molecule has 150 valence electrons. The average Bonchev–Trinajstić information content (AvgIpc) is 2.72. The Bertz CT molecular complexity index is 808. The lowest BCUT2D eigenvalue weighted by Crippen LogP contribution is -2.39. The van der Waals surface area contributed by atoms with Gasteiger partial charge in [-0.1, -0.05) is 35.3 Å². The molecule has 0 unspecified atom stereocenters. The molecule has 0 spiro atoms. The third-order valence-corrected chi connectivity index (χ3v) is 5.86. The van der Waals surface area contributed by atoms with E-state index in [-0.39, 0.29) is 11.9 Å². The molecule has 1 aliphatic heterocycles. The van der Waals surface area contributed by atoms with Crippen LogP contribution in [0.1, 0.15) is 12.5 Å². The molecule has 3 rings (SSSR count). The molecule has 0 aliphatic carbocycles. The number of carbonyl (C=O) groups is 1. The minimum absolute atomic E-state index is 0.0697. The van der Waals surface area contributed by atoms with Crippen molar-refractivity contribution in [1.82, 2.24) is 4.90 Å². The Morgan fingerprint density at radius 1 is 1.18 bits per heavy atom. The number of carbonyl (C=O) groups excluding carboxylic acids is 1. The second-order valence-corrected chi connectivity index (χ2v) is 7.72. The minimum atomic E-state index is -0.325. The maximum Gasteiger partial charge on any atom is 0.241 e. The van der Waals surface area contributed by atoms with E-state index >= 15 is 0 Å². The number of nitrogens with one attached hydrogen (secondary N) is 1. The van der Waals surface area contributed by atoms with Gasteiger partial charge in [0.05, 0.1) is 29.3 Å². The first-order chi connectivity index (χ1) is 13.5. The third kappa shape index (κ3) is 5.17. The Balaban J connectivity index is 1.58. The van der Waals surface area contributed by atoms with Gasteiger partial charge in [-0.05, 0) is 49.9 Å². The number of nitrogens with zero attached hydrogens (tertiary/aromatic N) is 2. The largest absolute Gasteiger partial charge is 0.378 e. The number of rotatable bonds is 6. The van der Waals surface area contributed by atoms with Crippen molar-refractivity contribution in [3.05, 3.63) is 58.1 Å². The molecule has 1 fully saturated rings. The molecular formula is C21H25Cl2N3O2. The SMILES string of the molecule is C[C@@H](C(=O)Nc1ccc(N2CCOCC2)cc1)N(C)Cc1cccc(Cl)c1Cl. The van der Waals surface area contributed by atoms with E-state index < -0.39 is 0 Å². The van der Waals surface area contributed by atoms with Gasteiger partial charge in [-0.2, -0.15) is 0 Å². The molecule has 2 aromatic carbocycles. The van der Waals surface area contributed by atoms with Crippen LogP contribution in [0.2, 0.25) is 10.0 Å². The van der Waals surface area contributed by atoms with Crippen molar-refractivity contribution in [3.63, 3.8) is 0 Å². The summed E-state index contributed by atoms with van der Waals surface area (Å²) in [6.45, 7) is 5.68. The fourth-order valence-electron chi connectivity index (χ4n) is 3.10. The summed E-state index contributed by atoms with van der Waals surface area (Å²) in [6.07, 6.45) is 0. The third-order valence-electron chi connectivity index (χ3n) is 5.00. The number of benzene rings is 2. The summed E-state index contributed by atoms with van der Waals surface area (Å²) in [5, 5.41) is 4.03. The number of hydrogen-bond acceptors (Lipinski definition) is 4. The van der Waals surface area contributed by atoms with Crippen LogP contribution in [-0.4, -0.2) is 50.2 Å². The Morgan fingerprint density at radius 2 is 1.86 bits per heavy atom. The van der Waals surface area contributed by atoms with E-state index in [0.29, 0.717) is 16.6 Å². The first kappa shape index (κ1) is 20.9. The zero-order valence-corrected chi connectivity index (χ0v) is 17.6. The highest BCUT2D eigenvalue weighted by Gasteiger charge is 2.20. The van der Waals surface area contributed by atoms with Gasteiger partial charge < -0.3 is 15.0 Å². The number of anilines is 2. The molecule has 1 saturated heterocycles. The van der Waals surface area contributed by atoms with Crippen molar-refractivity contribution >= 4 is 40.5 Å². The van der Waals surface area contributed by atoms with Crippen molar-refractivity contribution in [3.8, 4) is 0 Å². The molecule has 2 aromatic rings. The number of likely N-dealkylation sites (N-methyl/N-ethyl adjacent to an activating group) is 1. The molecule has 5 nitrogen and oxygen atoms in total. The van der Waals surface area contributed by atoms with Gasteiger partial charge in [0.1, 0.15) is 0 Å². The lowest BCUT2D eigenvalue weighted by Gasteiger charge is -2.29. The van der Waals surface area contributed by atoms with Crippen molar-refractivity contribution in [2.24, 2.45) is 0 Å². The molecule has 0 radical (unpaired) electrons. The van der Waals surface area contributed by atoms with Gasteiger partial charge in [0.25, 0.3) is 0 Å². The molecule has 1 heterocycles. The predicted octanol–water partition coefficient (Wildman–Crippen LogP) is 4.29. The van der Waals surface area contributed by atoms with Crippen LogP contribution in [0.3, 0.4) is 0 Å². The highest BCUT2D eigenvalue weighted by molar-refractivity contribution is 6.42. The van der Waals surface area contributed by atoms with Crippen LogP contribution in [-0.2, 0) is 16.1 Å². The van der Waals surface area contributed by atoms with Crippen LogP contribution in [0.4, 0.5) is 11.4 Å². The first-order valence-corrected chi connectivity index (χ1v) is 10.1. The molecule has 1 N–H and O–H groups in total. The van der Waals surface area contributed by atoms with Crippen molar-refractivity contribution in [1.29, 1.82) is 0 Å². The van der Waals surface area contributed by atoms with E-state index in [1.807, 2.05) is 55.3 Å². The van der Waals surface area contributed by atoms with Gasteiger partial charge in [0.2, 0.25) is 5.91 Å². The van der Waals surface area contributed by atoms with Crippen LogP contribution in [0.25, 0.3) is 0 Å². The van der Waals surface area contributed by atoms with Gasteiger partial charge >= 0.3 is 0 Å². The Labute approximate surface area is 176 Å². The fraction of sp³-hybridized carbons (Fsp3) is 0.381. The van der Waals surface area contributed by atoms with Crippen molar-refractivity contribution in [2.75, 3.05) is 43.6 Å². The van der Waals surface area contributed by atoms with Crippen LogP contribution in [0.15, 0.2) is 42.5 Å². The molecule has 7 heteroatoms. The van der Waals surface area contributed by atoms with Gasteiger partial charge in [-0.15, -0.1) is 0 Å². The Morgan fingerprint density at radius 3 is 2.54 bits per heavy atom. The second kappa shape index (κ2) is 9.61. The van der Waals surface area contributed by atoms with E-state index in [0.717, 1.165) is 43.2 Å². The summed E-state index contributed by atoms with van der Waals surface area (Å²) in [5.41, 5.74) is 2.82. The monoisotopic (exact) mass is 421 g/mol. The number of halogens is 2. The number of ether oxygens (including phenoxy) is 1. The molecule has 28 heavy (non-hydrogen) atoms. The van der Waals surface area contributed by atoms with E-state index in [9.17, 15) is 4.79 Å². The molecule has 1 atom stereocenters. The summed E-state index contributed by atoms with van der Waals surface area (Å²) in [4.78, 5) is 16.9. The Hall–Kier alpha value is -1.79. The fourth-order valence-corrected chi connectivity index (χ4v) is 3.48. The van der Waals surface area contributed by atoms with Gasteiger partial charge in [0.15, 0.2) is 0 Å². The lowest BCUT2D eigenvalue weighted by atomic mass is 10.1. The van der Waals surface area contributed by atoms with Gasteiger partial charge in [-0.3, -0.25) is 9.69 Å². The zero-order valence-electron chi connectivity index (χ0n) is 16.1. The van der Waals surface area contributed by atoms with E-state index in [1.54, 1.807) is 6.07 Å². The molecule has 1 aliphatic rings. The molecule has 0 bridgehead atoms. The van der Waals surface area contributed by atoms with E-state index in [4.69, 9.17) is 27.9 Å². The highest BCUT2D eigenvalue weighted by Crippen LogP contribution is 2.27. The van der Waals surface area contributed by atoms with E-state index in [1.165, 1.54) is 0 Å².